The van der Waals surface area contributed by atoms with Gasteiger partial charge in [-0.15, -0.1) is 0 Å². The van der Waals surface area contributed by atoms with Gasteiger partial charge in [0.05, 0.1) is 12.6 Å². The van der Waals surface area contributed by atoms with Crippen LogP contribution in [0, 0.1) is 5.92 Å². The molecule has 12 N–H and O–H groups in total. The molecular weight excluding hydrogens is 520 g/mol. The number of aromatic nitrogens is 1. The standard InChI is InChI=1S/C26H40N8O6/c1-14(2)10-20(24(38)34-21(13-35)25(39)40)33-23(37)19(8-5-9-30-26(28)29)32-22(36)17(27)11-15-12-31-18-7-4-3-6-16(15)18/h3-4,6-7,12,14,17,19-21,31,35H,5,8-11,13,27H2,1-2H3,(H,32,36)(H,33,37)(H,34,38)(H,39,40)(H4,28,29,30). The number of fused-ring (bicyclic) bond motifs is 1. The van der Waals surface area contributed by atoms with Crippen LogP contribution in [0.2, 0.25) is 0 Å². The number of para-hydroxylation sites is 1. The van der Waals surface area contributed by atoms with E-state index < -0.39 is 54.5 Å². The average Bonchev–Trinajstić information content (AvgIpc) is 3.30. The van der Waals surface area contributed by atoms with E-state index in [2.05, 4.69) is 25.9 Å². The van der Waals surface area contributed by atoms with Crippen molar-refractivity contribution in [1.82, 2.24) is 20.9 Å². The lowest BCUT2D eigenvalue weighted by Gasteiger charge is -2.26. The number of carbonyl (C=O) groups excluding carboxylic acids is 3. The van der Waals surface area contributed by atoms with E-state index in [0.29, 0.717) is 6.42 Å². The van der Waals surface area contributed by atoms with Crippen LogP contribution in [-0.2, 0) is 25.6 Å². The number of amides is 3. The number of carboxylic acids is 1. The molecule has 14 heteroatoms. The predicted molar refractivity (Wildman–Crippen MR) is 150 cm³/mol. The summed E-state index contributed by atoms with van der Waals surface area (Å²) in [7, 11) is 0. The van der Waals surface area contributed by atoms with E-state index in [4.69, 9.17) is 22.3 Å². The molecule has 1 aromatic heterocycles. The van der Waals surface area contributed by atoms with Gasteiger partial charge < -0.3 is 48.3 Å². The Labute approximate surface area is 232 Å². The molecule has 0 saturated heterocycles. The SMILES string of the molecule is CC(C)CC(NC(=O)C(CCCN=C(N)N)NC(=O)C(N)Cc1c[nH]c2ccccc12)C(=O)NC(CO)C(=O)O. The highest BCUT2D eigenvalue weighted by atomic mass is 16.4. The van der Waals surface area contributed by atoms with Crippen LogP contribution in [0.15, 0.2) is 35.5 Å². The van der Waals surface area contributed by atoms with Gasteiger partial charge in [0.1, 0.15) is 18.1 Å². The van der Waals surface area contributed by atoms with Gasteiger partial charge in [-0.25, -0.2) is 4.79 Å². The fourth-order valence-corrected chi connectivity index (χ4v) is 4.11. The minimum atomic E-state index is -1.53. The Morgan fingerprint density at radius 1 is 0.975 bits per heavy atom. The van der Waals surface area contributed by atoms with Crippen LogP contribution in [0.3, 0.4) is 0 Å². The lowest BCUT2D eigenvalue weighted by molar-refractivity contribution is -0.143. The normalized spacial score (nSPS) is 14.1. The highest BCUT2D eigenvalue weighted by molar-refractivity contribution is 5.94. The second-order valence-corrected chi connectivity index (χ2v) is 9.95. The second-order valence-electron chi connectivity index (χ2n) is 9.95. The van der Waals surface area contributed by atoms with Crippen molar-refractivity contribution >= 4 is 40.6 Å². The molecule has 4 atom stereocenters. The molecule has 0 spiro atoms. The number of guanidine groups is 1. The quantitative estimate of drug-likeness (QED) is 0.0669. The molecule has 0 radical (unpaired) electrons. The summed E-state index contributed by atoms with van der Waals surface area (Å²) in [5.41, 5.74) is 18.7. The summed E-state index contributed by atoms with van der Waals surface area (Å²) in [5, 5.41) is 26.9. The van der Waals surface area contributed by atoms with Gasteiger partial charge in [0.25, 0.3) is 0 Å². The van der Waals surface area contributed by atoms with Gasteiger partial charge >= 0.3 is 5.97 Å². The van der Waals surface area contributed by atoms with Crippen molar-refractivity contribution in [2.45, 2.75) is 63.7 Å². The number of rotatable bonds is 16. The molecule has 0 saturated carbocycles. The van der Waals surface area contributed by atoms with Gasteiger partial charge in [-0.05, 0) is 43.2 Å². The molecule has 1 heterocycles. The van der Waals surface area contributed by atoms with Crippen molar-refractivity contribution < 1.29 is 29.4 Å². The molecule has 0 aliphatic heterocycles. The van der Waals surface area contributed by atoms with E-state index in [1.54, 1.807) is 6.20 Å². The Morgan fingerprint density at radius 2 is 1.60 bits per heavy atom. The first-order chi connectivity index (χ1) is 18.9. The van der Waals surface area contributed by atoms with E-state index in [1.807, 2.05) is 38.1 Å². The van der Waals surface area contributed by atoms with Crippen LogP contribution in [0.25, 0.3) is 10.9 Å². The van der Waals surface area contributed by atoms with Crippen molar-refractivity contribution in [1.29, 1.82) is 0 Å². The number of carboxylic acid groups (broad SMARTS) is 1. The molecule has 1 aromatic carbocycles. The molecule has 40 heavy (non-hydrogen) atoms. The first-order valence-corrected chi connectivity index (χ1v) is 13.0. The Morgan fingerprint density at radius 3 is 2.23 bits per heavy atom. The molecule has 220 valence electrons. The van der Waals surface area contributed by atoms with Crippen LogP contribution in [0.5, 0.6) is 0 Å². The number of hydrogen-bond acceptors (Lipinski definition) is 7. The van der Waals surface area contributed by atoms with Gasteiger partial charge in [-0.3, -0.25) is 19.4 Å². The summed E-state index contributed by atoms with van der Waals surface area (Å²) in [6.07, 6.45) is 2.65. The van der Waals surface area contributed by atoms with Crippen LogP contribution in [0.4, 0.5) is 0 Å². The zero-order valence-corrected chi connectivity index (χ0v) is 22.7. The highest BCUT2D eigenvalue weighted by Crippen LogP contribution is 2.19. The number of aliphatic hydroxyl groups is 1. The average molecular weight is 561 g/mol. The minimum Gasteiger partial charge on any atom is -0.480 e. The number of aromatic amines is 1. The van der Waals surface area contributed by atoms with Crippen LogP contribution in [0.1, 0.15) is 38.7 Å². The third kappa shape index (κ3) is 9.85. The summed E-state index contributed by atoms with van der Waals surface area (Å²) in [4.78, 5) is 57.4. The van der Waals surface area contributed by atoms with Crippen LogP contribution >= 0.6 is 0 Å². The Balaban J connectivity index is 2.16. The van der Waals surface area contributed by atoms with Gasteiger partial charge in [0.15, 0.2) is 5.96 Å². The number of nitrogens with zero attached hydrogens (tertiary/aromatic N) is 1. The highest BCUT2D eigenvalue weighted by Gasteiger charge is 2.30. The summed E-state index contributed by atoms with van der Waals surface area (Å²) < 4.78 is 0. The smallest absolute Gasteiger partial charge is 0.328 e. The first kappa shape index (κ1) is 32.0. The van der Waals surface area contributed by atoms with E-state index >= 15 is 0 Å². The minimum absolute atomic E-state index is 0.0482. The van der Waals surface area contributed by atoms with E-state index in [0.717, 1.165) is 16.5 Å². The number of aliphatic hydroxyl groups excluding tert-OH is 1. The lowest BCUT2D eigenvalue weighted by atomic mass is 10.0. The Hall–Kier alpha value is -4.17. The monoisotopic (exact) mass is 560 g/mol. The van der Waals surface area contributed by atoms with Crippen LogP contribution < -0.4 is 33.2 Å². The number of aliphatic imine (C=N–C) groups is 1. The summed E-state index contributed by atoms with van der Waals surface area (Å²) in [6, 6.07) is 2.90. The van der Waals surface area contributed by atoms with Crippen molar-refractivity contribution in [3.8, 4) is 0 Å². The Kier molecular flexibility index (Phi) is 12.4. The van der Waals surface area contributed by atoms with Crippen molar-refractivity contribution in [3.05, 3.63) is 36.0 Å². The molecule has 0 fully saturated rings. The van der Waals surface area contributed by atoms with E-state index in [1.165, 1.54) is 0 Å². The topological polar surface area (TPSA) is 251 Å². The van der Waals surface area contributed by atoms with Crippen molar-refractivity contribution in [2.24, 2.45) is 28.1 Å². The third-order valence-corrected chi connectivity index (χ3v) is 6.17. The maximum Gasteiger partial charge on any atom is 0.328 e. The lowest BCUT2D eigenvalue weighted by Crippen LogP contribution is -2.57. The van der Waals surface area contributed by atoms with E-state index in [9.17, 15) is 24.3 Å². The predicted octanol–water partition coefficient (Wildman–Crippen LogP) is -1.33. The fraction of sp³-hybridized carbons (Fsp3) is 0.500. The number of H-pyrrole nitrogens is 1. The maximum atomic E-state index is 13.3. The van der Waals surface area contributed by atoms with E-state index in [-0.39, 0.29) is 37.7 Å². The zero-order valence-electron chi connectivity index (χ0n) is 22.7. The van der Waals surface area contributed by atoms with Gasteiger partial charge in [0.2, 0.25) is 17.7 Å². The van der Waals surface area contributed by atoms with Crippen molar-refractivity contribution in [3.63, 3.8) is 0 Å². The number of aliphatic carboxylic acids is 1. The molecule has 2 aromatic rings. The maximum absolute atomic E-state index is 13.3. The third-order valence-electron chi connectivity index (χ3n) is 6.17. The fourth-order valence-electron chi connectivity index (χ4n) is 4.11. The van der Waals surface area contributed by atoms with Crippen molar-refractivity contribution in [2.75, 3.05) is 13.2 Å². The van der Waals surface area contributed by atoms with Gasteiger partial charge in [0, 0.05) is 23.6 Å². The molecule has 2 rings (SSSR count). The molecular formula is C26H40N8O6. The van der Waals surface area contributed by atoms with Gasteiger partial charge in [-0.1, -0.05) is 32.0 Å². The summed E-state index contributed by atoms with van der Waals surface area (Å²) in [5.74, 6) is -3.58. The molecule has 3 amide bonds. The second kappa shape index (κ2) is 15.4. The van der Waals surface area contributed by atoms with Gasteiger partial charge in [-0.2, -0.15) is 0 Å². The molecule has 14 nitrogen and oxygen atoms in total. The summed E-state index contributed by atoms with van der Waals surface area (Å²) >= 11 is 0. The largest absolute Gasteiger partial charge is 0.480 e. The first-order valence-electron chi connectivity index (χ1n) is 13.0. The Bertz CT molecular complexity index is 1190. The summed E-state index contributed by atoms with van der Waals surface area (Å²) in [6.45, 7) is 3.04. The number of nitrogens with two attached hydrogens (primary N) is 3. The molecule has 0 aliphatic rings. The molecule has 0 aliphatic carbocycles. The molecule has 4 unspecified atom stereocenters. The number of nitrogens with one attached hydrogen (secondary N) is 4. The number of hydrogen-bond donors (Lipinski definition) is 9. The number of carbonyl (C=O) groups is 4. The number of benzene rings is 1. The zero-order chi connectivity index (χ0) is 29.8. The van der Waals surface area contributed by atoms with Crippen LogP contribution in [-0.4, -0.2) is 82.2 Å². The molecule has 0 bridgehead atoms.